The molecule has 0 N–H and O–H groups in total. The lowest BCUT2D eigenvalue weighted by molar-refractivity contribution is 0.406. The number of halogens is 6. The van der Waals surface area contributed by atoms with Crippen LogP contribution in [0.25, 0.3) is 0 Å². The fraction of sp³-hybridized carbons (Fsp3) is 0.375. The number of thiophene rings is 1. The number of benzene rings is 1. The molecule has 0 fully saturated rings. The van der Waals surface area contributed by atoms with Crippen LogP contribution in [-0.4, -0.2) is 31.6 Å². The molecule has 0 bridgehead atoms. The van der Waals surface area contributed by atoms with E-state index < -0.39 is 15.4 Å². The molecule has 3 rings (SSSR count). The van der Waals surface area contributed by atoms with Crippen LogP contribution in [0.2, 0.25) is 0 Å². The summed E-state index contributed by atoms with van der Waals surface area (Å²) in [5, 5.41) is 0.496. The lowest BCUT2D eigenvalue weighted by Crippen LogP contribution is -2.33. The highest BCUT2D eigenvalue weighted by atomic mass is 127. The average molecular weight is 995 g/mol. The molecule has 2 heterocycles. The normalized spacial score (nSPS) is 13.1. The Morgan fingerprint density at radius 1 is 1.11 bits per heavy atom. The second kappa shape index (κ2) is 13.6. The number of hydrogen-bond donors (Lipinski definition) is 0. The van der Waals surface area contributed by atoms with E-state index in [1.165, 1.54) is 19.0 Å². The first-order valence-corrected chi connectivity index (χ1v) is 19.2. The Kier molecular flexibility index (Phi) is 12.1. The van der Waals surface area contributed by atoms with Gasteiger partial charge in [-0.15, -0.1) is 23.1 Å². The van der Waals surface area contributed by atoms with E-state index >= 15 is 0 Å². The first-order valence-electron chi connectivity index (χ1n) is 11.0. The molecule has 0 saturated carbocycles. The molecule has 2 aromatic heterocycles. The third-order valence-electron chi connectivity index (χ3n) is 5.27. The van der Waals surface area contributed by atoms with Crippen molar-refractivity contribution >= 4 is 135 Å². The summed E-state index contributed by atoms with van der Waals surface area (Å²) in [6.07, 6.45) is 2.32. The Morgan fingerprint density at radius 2 is 1.81 bits per heavy atom. The van der Waals surface area contributed by atoms with Crippen molar-refractivity contribution in [2.24, 2.45) is 0 Å². The van der Waals surface area contributed by atoms with Crippen LogP contribution in [-0.2, 0) is 26.2 Å². The van der Waals surface area contributed by atoms with Gasteiger partial charge in [0.05, 0.1) is 21.3 Å². The fourth-order valence-corrected chi connectivity index (χ4v) is 10.3. The molecule has 0 aliphatic rings. The van der Waals surface area contributed by atoms with Gasteiger partial charge in [0, 0.05) is 26.4 Å². The van der Waals surface area contributed by atoms with E-state index in [2.05, 4.69) is 134 Å². The van der Waals surface area contributed by atoms with Gasteiger partial charge in [-0.3, -0.25) is 4.98 Å². The summed E-state index contributed by atoms with van der Waals surface area (Å²) >= 11 is 23.9. The molecule has 0 amide bonds. The number of aromatic nitrogens is 1. The Hall–Kier alpha value is 1.46. The fourth-order valence-electron chi connectivity index (χ4n) is 3.42. The molecule has 0 aliphatic heterocycles. The Bertz CT molecular complexity index is 1330. The topological polar surface area (TPSA) is 50.3 Å². The van der Waals surface area contributed by atoms with E-state index in [0.29, 0.717) is 23.9 Å². The Morgan fingerprint density at radius 3 is 2.41 bits per heavy atom. The summed E-state index contributed by atoms with van der Waals surface area (Å²) in [6, 6.07) is 12.9. The van der Waals surface area contributed by atoms with E-state index in [4.69, 9.17) is 0 Å². The second-order valence-electron chi connectivity index (χ2n) is 8.46. The van der Waals surface area contributed by atoms with Gasteiger partial charge in [0.1, 0.15) is 3.23 Å². The number of sulfonamides is 1. The van der Waals surface area contributed by atoms with Gasteiger partial charge in [0.15, 0.2) is 2.14 Å². The molecule has 0 unspecified atom stereocenters. The van der Waals surface area contributed by atoms with Crippen molar-refractivity contribution in [2.45, 2.75) is 53.5 Å². The molecule has 0 radical (unpaired) electrons. The van der Waals surface area contributed by atoms with Crippen molar-refractivity contribution in [2.75, 3.05) is 6.54 Å². The number of hydrogen-bond acceptors (Lipinski definition) is 5. The SMILES string of the molecule is Cc1cc(SC(C)C)sc1CCN(Cc1ccccn1)S(=O)(=O)c1ccc(I)c(C(Br)(Br)C(Br)(Br)Br)c1. The first kappa shape index (κ1) is 33.0. The molecular formula is C24H24Br5IN2O2S3. The number of pyridine rings is 1. The van der Waals surface area contributed by atoms with Crippen LogP contribution in [0.1, 0.15) is 35.5 Å². The minimum absolute atomic E-state index is 0.190. The number of nitrogens with zero attached hydrogens (tertiary/aromatic N) is 2. The van der Waals surface area contributed by atoms with Gasteiger partial charge in [-0.1, -0.05) is 99.6 Å². The van der Waals surface area contributed by atoms with E-state index in [0.717, 1.165) is 9.13 Å². The molecule has 37 heavy (non-hydrogen) atoms. The number of thioether (sulfide) groups is 1. The number of rotatable bonds is 10. The zero-order valence-electron chi connectivity index (χ0n) is 20.0. The molecule has 0 saturated heterocycles. The maximum atomic E-state index is 14.1. The van der Waals surface area contributed by atoms with Crippen molar-refractivity contribution < 1.29 is 8.42 Å². The molecular weight excluding hydrogens is 971 g/mol. The third kappa shape index (κ3) is 8.50. The maximum Gasteiger partial charge on any atom is 0.243 e. The lowest BCUT2D eigenvalue weighted by atomic mass is 10.2. The van der Waals surface area contributed by atoms with Crippen LogP contribution >= 0.6 is 125 Å². The molecule has 0 spiro atoms. The van der Waals surface area contributed by atoms with Gasteiger partial charge < -0.3 is 0 Å². The highest BCUT2D eigenvalue weighted by molar-refractivity contribution is 14.1. The van der Waals surface area contributed by atoms with Gasteiger partial charge in [-0.2, -0.15) is 4.31 Å². The molecule has 3 aromatic rings. The molecule has 0 atom stereocenters. The highest BCUT2D eigenvalue weighted by Gasteiger charge is 2.46. The van der Waals surface area contributed by atoms with Crippen LogP contribution in [0.4, 0.5) is 0 Å². The predicted octanol–water partition coefficient (Wildman–Crippen LogP) is 9.77. The molecule has 202 valence electrons. The van der Waals surface area contributed by atoms with Crippen molar-refractivity contribution in [1.29, 1.82) is 0 Å². The van der Waals surface area contributed by atoms with Crippen molar-refractivity contribution in [3.63, 3.8) is 0 Å². The summed E-state index contributed by atoms with van der Waals surface area (Å²) in [7, 11) is -3.84. The van der Waals surface area contributed by atoms with Gasteiger partial charge >= 0.3 is 0 Å². The lowest BCUT2D eigenvalue weighted by Gasteiger charge is -2.31. The smallest absolute Gasteiger partial charge is 0.243 e. The summed E-state index contributed by atoms with van der Waals surface area (Å²) in [5.74, 6) is 0. The Labute approximate surface area is 283 Å². The van der Waals surface area contributed by atoms with Crippen LogP contribution in [0.5, 0.6) is 0 Å². The largest absolute Gasteiger partial charge is 0.260 e. The van der Waals surface area contributed by atoms with Crippen LogP contribution in [0, 0.1) is 10.5 Å². The maximum absolute atomic E-state index is 14.1. The van der Waals surface area contributed by atoms with E-state index in [1.54, 1.807) is 29.7 Å². The van der Waals surface area contributed by atoms with E-state index in [1.807, 2.05) is 36.0 Å². The Balaban J connectivity index is 1.99. The molecule has 1 aromatic carbocycles. The minimum Gasteiger partial charge on any atom is -0.260 e. The van der Waals surface area contributed by atoms with Gasteiger partial charge in [-0.25, -0.2) is 8.42 Å². The van der Waals surface area contributed by atoms with E-state index in [9.17, 15) is 8.42 Å². The third-order valence-corrected chi connectivity index (χ3v) is 17.5. The monoisotopic (exact) mass is 990 g/mol. The standard InChI is InChI=1S/C24H24Br5IN2O2S3/c1-15(2)35-22-12-16(3)21(36-22)9-11-32(14-17-6-4-5-10-31-17)37(33,34)18-7-8-20(30)19(13-18)23(25,26)24(27,28)29/h4-8,10,12-13,15H,9,11,14H2,1-3H3. The molecule has 13 heteroatoms. The molecule has 4 nitrogen and oxygen atoms in total. The summed E-state index contributed by atoms with van der Waals surface area (Å²) in [5.41, 5.74) is 2.65. The number of alkyl halides is 5. The average Bonchev–Trinajstić information content (AvgIpc) is 3.14. The highest BCUT2D eigenvalue weighted by Crippen LogP contribution is 2.59. The van der Waals surface area contributed by atoms with Crippen LogP contribution < -0.4 is 0 Å². The van der Waals surface area contributed by atoms with Crippen molar-refractivity contribution in [1.82, 2.24) is 9.29 Å². The van der Waals surface area contributed by atoms with Gasteiger partial charge in [0.2, 0.25) is 10.0 Å². The number of aryl methyl sites for hydroxylation is 1. The van der Waals surface area contributed by atoms with Gasteiger partial charge in [-0.05, 0) is 83.5 Å². The zero-order chi connectivity index (χ0) is 27.6. The quantitative estimate of drug-likeness (QED) is 0.115. The van der Waals surface area contributed by atoms with Crippen molar-refractivity contribution in [3.05, 3.63) is 73.9 Å². The van der Waals surface area contributed by atoms with E-state index in [-0.39, 0.29) is 11.4 Å². The van der Waals surface area contributed by atoms with Crippen molar-refractivity contribution in [3.8, 4) is 0 Å². The second-order valence-corrected chi connectivity index (χ2v) is 24.8. The minimum atomic E-state index is -3.84. The predicted molar refractivity (Wildman–Crippen MR) is 184 cm³/mol. The zero-order valence-corrected chi connectivity index (χ0v) is 32.6. The summed E-state index contributed by atoms with van der Waals surface area (Å²) < 4.78 is 30.2. The van der Waals surface area contributed by atoms with Crippen LogP contribution in [0.3, 0.4) is 0 Å². The summed E-state index contributed by atoms with van der Waals surface area (Å²) in [4.78, 5) is 5.82. The first-order chi connectivity index (χ1) is 17.1. The van der Waals surface area contributed by atoms with Crippen LogP contribution in [0.15, 0.2) is 57.8 Å². The summed E-state index contributed by atoms with van der Waals surface area (Å²) in [6.45, 7) is 6.98. The van der Waals surface area contributed by atoms with Gasteiger partial charge in [0.25, 0.3) is 0 Å². The molecule has 0 aliphatic carbocycles.